The summed E-state index contributed by atoms with van der Waals surface area (Å²) in [5, 5.41) is 12.0. The molecule has 1 unspecified atom stereocenters. The van der Waals surface area contributed by atoms with E-state index in [1.165, 1.54) is 6.92 Å². The Kier molecular flexibility index (Phi) is 4.07. The molecule has 2 N–H and O–H groups in total. The maximum Gasteiger partial charge on any atom is 0.252 e. The lowest BCUT2D eigenvalue weighted by Crippen LogP contribution is -2.25. The number of aliphatic hydroxyl groups is 1. The van der Waals surface area contributed by atoms with Crippen LogP contribution in [-0.4, -0.2) is 17.1 Å². The van der Waals surface area contributed by atoms with Crippen molar-refractivity contribution in [3.63, 3.8) is 0 Å². The Balaban J connectivity index is 3.06. The van der Waals surface area contributed by atoms with Crippen LogP contribution in [0.25, 0.3) is 0 Å². The average Bonchev–Trinajstić information content (AvgIpc) is 2.20. The first-order chi connectivity index (χ1) is 7.43. The van der Waals surface area contributed by atoms with E-state index in [4.69, 9.17) is 0 Å². The molecular formula is C13H19NO2. The van der Waals surface area contributed by atoms with E-state index in [9.17, 15) is 9.90 Å². The zero-order valence-electron chi connectivity index (χ0n) is 10.2. The molecule has 0 saturated heterocycles. The van der Waals surface area contributed by atoms with Gasteiger partial charge in [-0.05, 0) is 30.9 Å². The first-order valence-corrected chi connectivity index (χ1v) is 5.52. The molecule has 3 nitrogen and oxygen atoms in total. The summed E-state index contributed by atoms with van der Waals surface area (Å²) in [5.41, 5.74) is 2.93. The number of carbonyl (C=O) groups is 1. The second-order valence-electron chi connectivity index (χ2n) is 4.36. The molecule has 0 saturated carbocycles. The summed E-state index contributed by atoms with van der Waals surface area (Å²) in [5.74, 6) is -0.0274. The maximum absolute atomic E-state index is 11.5. The summed E-state index contributed by atoms with van der Waals surface area (Å²) in [6.45, 7) is 7.56. The van der Waals surface area contributed by atoms with Gasteiger partial charge in [-0.3, -0.25) is 4.79 Å². The van der Waals surface area contributed by atoms with E-state index >= 15 is 0 Å². The standard InChI is InChI=1S/C13H19NO2/c1-8(2)11-7-5-6-9(3)12(11)14-13(16)10(4)15/h5-8,10,15H,1-4H3,(H,14,16). The van der Waals surface area contributed by atoms with Gasteiger partial charge in [0.15, 0.2) is 0 Å². The fourth-order valence-corrected chi connectivity index (χ4v) is 1.57. The van der Waals surface area contributed by atoms with Crippen LogP contribution in [0.5, 0.6) is 0 Å². The van der Waals surface area contributed by atoms with E-state index in [0.717, 1.165) is 16.8 Å². The van der Waals surface area contributed by atoms with Gasteiger partial charge in [-0.15, -0.1) is 0 Å². The zero-order chi connectivity index (χ0) is 12.3. The number of nitrogens with one attached hydrogen (secondary N) is 1. The van der Waals surface area contributed by atoms with Gasteiger partial charge in [-0.2, -0.15) is 0 Å². The van der Waals surface area contributed by atoms with Crippen molar-refractivity contribution in [2.24, 2.45) is 0 Å². The Labute approximate surface area is 96.5 Å². The van der Waals surface area contributed by atoms with Crippen molar-refractivity contribution in [1.29, 1.82) is 0 Å². The highest BCUT2D eigenvalue weighted by Gasteiger charge is 2.14. The fourth-order valence-electron chi connectivity index (χ4n) is 1.57. The molecular weight excluding hydrogens is 202 g/mol. The first-order valence-electron chi connectivity index (χ1n) is 5.52. The molecule has 0 heterocycles. The topological polar surface area (TPSA) is 49.3 Å². The van der Waals surface area contributed by atoms with E-state index in [2.05, 4.69) is 19.2 Å². The lowest BCUT2D eigenvalue weighted by Gasteiger charge is -2.17. The number of hydrogen-bond acceptors (Lipinski definition) is 2. The third-order valence-corrected chi connectivity index (χ3v) is 2.55. The summed E-state index contributed by atoms with van der Waals surface area (Å²) >= 11 is 0. The lowest BCUT2D eigenvalue weighted by atomic mass is 9.98. The third-order valence-electron chi connectivity index (χ3n) is 2.55. The number of rotatable bonds is 3. The van der Waals surface area contributed by atoms with Crippen LogP contribution in [0.15, 0.2) is 18.2 Å². The molecule has 1 atom stereocenters. The Bertz CT molecular complexity index is 384. The molecule has 0 radical (unpaired) electrons. The molecule has 0 spiro atoms. The van der Waals surface area contributed by atoms with E-state index in [-0.39, 0.29) is 5.91 Å². The van der Waals surface area contributed by atoms with Crippen LogP contribution in [0.1, 0.15) is 37.8 Å². The molecule has 1 aromatic rings. The predicted octanol–water partition coefficient (Wildman–Crippen LogP) is 2.44. The summed E-state index contributed by atoms with van der Waals surface area (Å²) in [6.07, 6.45) is -0.986. The normalized spacial score (nSPS) is 12.6. The molecule has 0 fully saturated rings. The first kappa shape index (κ1) is 12.7. The second kappa shape index (κ2) is 5.12. The van der Waals surface area contributed by atoms with Gasteiger partial charge in [-0.25, -0.2) is 0 Å². The van der Waals surface area contributed by atoms with Gasteiger partial charge in [0, 0.05) is 5.69 Å². The van der Waals surface area contributed by atoms with Gasteiger partial charge in [0.25, 0.3) is 5.91 Å². The van der Waals surface area contributed by atoms with E-state index < -0.39 is 6.10 Å². The van der Waals surface area contributed by atoms with Crippen LogP contribution in [-0.2, 0) is 4.79 Å². The van der Waals surface area contributed by atoms with Crippen molar-refractivity contribution < 1.29 is 9.90 Å². The number of aliphatic hydroxyl groups excluding tert-OH is 1. The Hall–Kier alpha value is -1.35. The number of anilines is 1. The van der Waals surface area contributed by atoms with Crippen LogP contribution >= 0.6 is 0 Å². The molecule has 0 bridgehead atoms. The van der Waals surface area contributed by atoms with Crippen LogP contribution in [0.3, 0.4) is 0 Å². The number of aryl methyl sites for hydroxylation is 1. The van der Waals surface area contributed by atoms with Crippen LogP contribution in [0.4, 0.5) is 5.69 Å². The molecule has 0 aliphatic carbocycles. The largest absolute Gasteiger partial charge is 0.384 e. The minimum Gasteiger partial charge on any atom is -0.384 e. The molecule has 1 amide bonds. The van der Waals surface area contributed by atoms with Gasteiger partial charge < -0.3 is 10.4 Å². The smallest absolute Gasteiger partial charge is 0.252 e. The lowest BCUT2D eigenvalue weighted by molar-refractivity contribution is -0.123. The van der Waals surface area contributed by atoms with Crippen LogP contribution in [0.2, 0.25) is 0 Å². The fraction of sp³-hybridized carbons (Fsp3) is 0.462. The third kappa shape index (κ3) is 2.83. The number of para-hydroxylation sites is 1. The van der Waals surface area contributed by atoms with E-state index in [1.807, 2.05) is 25.1 Å². The Morgan fingerprint density at radius 3 is 2.44 bits per heavy atom. The van der Waals surface area contributed by atoms with Crippen molar-refractivity contribution in [2.75, 3.05) is 5.32 Å². The number of benzene rings is 1. The highest BCUT2D eigenvalue weighted by Crippen LogP contribution is 2.27. The minimum atomic E-state index is -0.986. The molecule has 0 aliphatic rings. The van der Waals surface area contributed by atoms with Crippen molar-refractivity contribution in [2.45, 2.75) is 39.7 Å². The van der Waals surface area contributed by atoms with Crippen LogP contribution < -0.4 is 5.32 Å². The van der Waals surface area contributed by atoms with Gasteiger partial charge >= 0.3 is 0 Å². The average molecular weight is 221 g/mol. The molecule has 3 heteroatoms. The Morgan fingerprint density at radius 2 is 1.94 bits per heavy atom. The highest BCUT2D eigenvalue weighted by atomic mass is 16.3. The second-order valence-corrected chi connectivity index (χ2v) is 4.36. The van der Waals surface area contributed by atoms with Crippen LogP contribution in [0, 0.1) is 6.92 Å². The molecule has 1 aromatic carbocycles. The van der Waals surface area contributed by atoms with Crippen molar-refractivity contribution in [1.82, 2.24) is 0 Å². The Morgan fingerprint density at radius 1 is 1.31 bits per heavy atom. The minimum absolute atomic E-state index is 0.337. The van der Waals surface area contributed by atoms with Crippen molar-refractivity contribution >= 4 is 11.6 Å². The molecule has 1 rings (SSSR count). The van der Waals surface area contributed by atoms with Crippen molar-refractivity contribution in [3.05, 3.63) is 29.3 Å². The summed E-state index contributed by atoms with van der Waals surface area (Å²) in [6, 6.07) is 5.92. The van der Waals surface area contributed by atoms with Gasteiger partial charge in [0.1, 0.15) is 6.10 Å². The monoisotopic (exact) mass is 221 g/mol. The highest BCUT2D eigenvalue weighted by molar-refractivity contribution is 5.95. The quantitative estimate of drug-likeness (QED) is 0.823. The summed E-state index contributed by atoms with van der Waals surface area (Å²) in [4.78, 5) is 11.5. The van der Waals surface area contributed by atoms with E-state index in [0.29, 0.717) is 5.92 Å². The summed E-state index contributed by atoms with van der Waals surface area (Å²) < 4.78 is 0. The van der Waals surface area contributed by atoms with Gasteiger partial charge in [-0.1, -0.05) is 32.0 Å². The zero-order valence-corrected chi connectivity index (χ0v) is 10.2. The molecule has 0 aliphatic heterocycles. The number of hydrogen-bond donors (Lipinski definition) is 2. The molecule has 0 aromatic heterocycles. The van der Waals surface area contributed by atoms with Gasteiger partial charge in [0.05, 0.1) is 0 Å². The molecule has 88 valence electrons. The molecule has 16 heavy (non-hydrogen) atoms. The number of carbonyl (C=O) groups excluding carboxylic acids is 1. The predicted molar refractivity (Wildman–Crippen MR) is 65.6 cm³/mol. The number of amides is 1. The van der Waals surface area contributed by atoms with E-state index in [1.54, 1.807) is 0 Å². The SMILES string of the molecule is Cc1cccc(C(C)C)c1NC(=O)C(C)O. The maximum atomic E-state index is 11.5. The van der Waals surface area contributed by atoms with Gasteiger partial charge in [0.2, 0.25) is 0 Å². The summed E-state index contributed by atoms with van der Waals surface area (Å²) in [7, 11) is 0. The van der Waals surface area contributed by atoms with Crippen molar-refractivity contribution in [3.8, 4) is 0 Å².